The Kier molecular flexibility index (Phi) is 5.67. The average molecular weight is 262 g/mol. The maximum atomic E-state index is 3.62. The fourth-order valence-electron chi connectivity index (χ4n) is 1.09. The zero-order chi connectivity index (χ0) is 9.52. The standard InChI is InChI=1S/C10H16BrNS/c1-2-10(11)3-5-12-7-9-4-6-13-8-9/h4,6,8,10,12H,2-3,5,7H2,1H3. The summed E-state index contributed by atoms with van der Waals surface area (Å²) < 4.78 is 0. The van der Waals surface area contributed by atoms with E-state index in [1.54, 1.807) is 11.3 Å². The van der Waals surface area contributed by atoms with Crippen LogP contribution in [0.2, 0.25) is 0 Å². The molecule has 1 atom stereocenters. The molecule has 13 heavy (non-hydrogen) atoms. The van der Waals surface area contributed by atoms with Crippen molar-refractivity contribution in [3.8, 4) is 0 Å². The van der Waals surface area contributed by atoms with Gasteiger partial charge in [0.1, 0.15) is 0 Å². The Morgan fingerprint density at radius 3 is 3.08 bits per heavy atom. The Labute approximate surface area is 92.7 Å². The zero-order valence-corrected chi connectivity index (χ0v) is 10.3. The van der Waals surface area contributed by atoms with E-state index in [4.69, 9.17) is 0 Å². The summed E-state index contributed by atoms with van der Waals surface area (Å²) in [5.74, 6) is 0. The third-order valence-electron chi connectivity index (χ3n) is 1.99. The molecule has 74 valence electrons. The molecule has 1 unspecified atom stereocenters. The molecular weight excluding hydrogens is 246 g/mol. The van der Waals surface area contributed by atoms with Crippen LogP contribution in [0.25, 0.3) is 0 Å². The van der Waals surface area contributed by atoms with Gasteiger partial charge in [0.15, 0.2) is 0 Å². The van der Waals surface area contributed by atoms with E-state index >= 15 is 0 Å². The molecule has 0 bridgehead atoms. The number of rotatable bonds is 6. The zero-order valence-electron chi connectivity index (χ0n) is 7.92. The van der Waals surface area contributed by atoms with Gasteiger partial charge in [0, 0.05) is 11.4 Å². The maximum Gasteiger partial charge on any atom is 0.0213 e. The van der Waals surface area contributed by atoms with Crippen molar-refractivity contribution in [2.75, 3.05) is 6.54 Å². The number of hydrogen-bond acceptors (Lipinski definition) is 2. The van der Waals surface area contributed by atoms with Gasteiger partial charge in [-0.05, 0) is 41.8 Å². The molecule has 1 heterocycles. The molecule has 0 aliphatic carbocycles. The van der Waals surface area contributed by atoms with Crippen LogP contribution < -0.4 is 5.32 Å². The predicted octanol–water partition coefficient (Wildman–Crippen LogP) is 3.40. The van der Waals surface area contributed by atoms with Crippen molar-refractivity contribution in [2.24, 2.45) is 0 Å². The topological polar surface area (TPSA) is 12.0 Å². The van der Waals surface area contributed by atoms with Crippen LogP contribution in [0.3, 0.4) is 0 Å². The van der Waals surface area contributed by atoms with Crippen LogP contribution in [-0.4, -0.2) is 11.4 Å². The van der Waals surface area contributed by atoms with Gasteiger partial charge in [0.05, 0.1) is 0 Å². The van der Waals surface area contributed by atoms with Crippen molar-refractivity contribution in [3.63, 3.8) is 0 Å². The van der Waals surface area contributed by atoms with Crippen LogP contribution in [0.4, 0.5) is 0 Å². The highest BCUT2D eigenvalue weighted by molar-refractivity contribution is 9.09. The summed E-state index contributed by atoms with van der Waals surface area (Å²) in [6.45, 7) is 4.31. The molecule has 0 saturated carbocycles. The van der Waals surface area contributed by atoms with Gasteiger partial charge in [-0.25, -0.2) is 0 Å². The van der Waals surface area contributed by atoms with Gasteiger partial charge in [-0.2, -0.15) is 11.3 Å². The van der Waals surface area contributed by atoms with E-state index in [2.05, 4.69) is 45.0 Å². The third kappa shape index (κ3) is 4.79. The highest BCUT2D eigenvalue weighted by Gasteiger charge is 1.99. The van der Waals surface area contributed by atoms with Crippen LogP contribution in [0, 0.1) is 0 Å². The normalized spacial score (nSPS) is 13.1. The Balaban J connectivity index is 2.02. The van der Waals surface area contributed by atoms with Gasteiger partial charge in [0.25, 0.3) is 0 Å². The summed E-state index contributed by atoms with van der Waals surface area (Å²) in [5, 5.41) is 7.74. The van der Waals surface area contributed by atoms with Crippen molar-refractivity contribution in [3.05, 3.63) is 22.4 Å². The van der Waals surface area contributed by atoms with Gasteiger partial charge in [0.2, 0.25) is 0 Å². The van der Waals surface area contributed by atoms with Gasteiger partial charge in [-0.1, -0.05) is 22.9 Å². The number of alkyl halides is 1. The molecule has 0 aliphatic heterocycles. The minimum Gasteiger partial charge on any atom is -0.313 e. The van der Waals surface area contributed by atoms with Crippen molar-refractivity contribution in [1.29, 1.82) is 0 Å². The summed E-state index contributed by atoms with van der Waals surface area (Å²) >= 11 is 5.38. The highest BCUT2D eigenvalue weighted by atomic mass is 79.9. The molecule has 0 aromatic carbocycles. The Bertz CT molecular complexity index is 211. The first kappa shape index (κ1) is 11.2. The van der Waals surface area contributed by atoms with Crippen LogP contribution >= 0.6 is 27.3 Å². The molecule has 0 fully saturated rings. The van der Waals surface area contributed by atoms with E-state index in [-0.39, 0.29) is 0 Å². The summed E-state index contributed by atoms with van der Waals surface area (Å²) in [6, 6.07) is 2.17. The van der Waals surface area contributed by atoms with Crippen LogP contribution in [0.15, 0.2) is 16.8 Å². The summed E-state index contributed by atoms with van der Waals surface area (Å²) in [6.07, 6.45) is 2.42. The first-order chi connectivity index (χ1) is 6.33. The minimum absolute atomic E-state index is 0.669. The van der Waals surface area contributed by atoms with Gasteiger partial charge in [-0.15, -0.1) is 0 Å². The lowest BCUT2D eigenvalue weighted by Gasteiger charge is -2.06. The van der Waals surface area contributed by atoms with Crippen LogP contribution in [-0.2, 0) is 6.54 Å². The number of nitrogens with one attached hydrogen (secondary N) is 1. The van der Waals surface area contributed by atoms with Crippen LogP contribution in [0.1, 0.15) is 25.3 Å². The molecule has 0 radical (unpaired) electrons. The van der Waals surface area contributed by atoms with Crippen LogP contribution in [0.5, 0.6) is 0 Å². The third-order valence-corrected chi connectivity index (χ3v) is 3.82. The van der Waals surface area contributed by atoms with E-state index in [1.807, 2.05) is 0 Å². The lowest BCUT2D eigenvalue weighted by atomic mass is 10.2. The first-order valence-electron chi connectivity index (χ1n) is 4.68. The Morgan fingerprint density at radius 2 is 2.46 bits per heavy atom. The highest BCUT2D eigenvalue weighted by Crippen LogP contribution is 2.08. The summed E-state index contributed by atoms with van der Waals surface area (Å²) in [7, 11) is 0. The summed E-state index contributed by atoms with van der Waals surface area (Å²) in [5.41, 5.74) is 1.40. The molecule has 1 aromatic heterocycles. The maximum absolute atomic E-state index is 3.62. The van der Waals surface area contributed by atoms with E-state index in [0.29, 0.717) is 4.83 Å². The molecule has 1 aromatic rings. The average Bonchev–Trinajstić information content (AvgIpc) is 2.64. The fraction of sp³-hybridized carbons (Fsp3) is 0.600. The quantitative estimate of drug-likeness (QED) is 0.612. The van der Waals surface area contributed by atoms with Gasteiger partial charge >= 0.3 is 0 Å². The second-order valence-corrected chi connectivity index (χ2v) is 5.18. The fourth-order valence-corrected chi connectivity index (χ4v) is 1.99. The second kappa shape index (κ2) is 6.57. The molecule has 0 aliphatic rings. The van der Waals surface area contributed by atoms with Crippen molar-refractivity contribution in [1.82, 2.24) is 5.32 Å². The van der Waals surface area contributed by atoms with E-state index in [9.17, 15) is 0 Å². The monoisotopic (exact) mass is 261 g/mol. The van der Waals surface area contributed by atoms with E-state index in [1.165, 1.54) is 18.4 Å². The SMILES string of the molecule is CCC(Br)CCNCc1ccsc1. The number of thiophene rings is 1. The molecule has 0 amide bonds. The van der Waals surface area contributed by atoms with E-state index in [0.717, 1.165) is 13.1 Å². The lowest BCUT2D eigenvalue weighted by molar-refractivity contribution is 0.631. The van der Waals surface area contributed by atoms with Gasteiger partial charge < -0.3 is 5.32 Å². The molecule has 1 nitrogen and oxygen atoms in total. The Hall–Kier alpha value is 0.140. The van der Waals surface area contributed by atoms with Gasteiger partial charge in [-0.3, -0.25) is 0 Å². The minimum atomic E-state index is 0.669. The smallest absolute Gasteiger partial charge is 0.0213 e. The molecule has 1 N–H and O–H groups in total. The summed E-state index contributed by atoms with van der Waals surface area (Å²) in [4.78, 5) is 0.669. The Morgan fingerprint density at radius 1 is 1.62 bits per heavy atom. The molecule has 0 spiro atoms. The number of hydrogen-bond donors (Lipinski definition) is 1. The second-order valence-electron chi connectivity index (χ2n) is 3.10. The lowest BCUT2D eigenvalue weighted by Crippen LogP contribution is -2.17. The molecule has 0 saturated heterocycles. The van der Waals surface area contributed by atoms with Crippen molar-refractivity contribution < 1.29 is 0 Å². The molecular formula is C10H16BrNS. The molecule has 1 rings (SSSR count). The molecule has 3 heteroatoms. The van der Waals surface area contributed by atoms with E-state index < -0.39 is 0 Å². The number of halogens is 1. The van der Waals surface area contributed by atoms with Crippen molar-refractivity contribution >= 4 is 27.3 Å². The predicted molar refractivity (Wildman–Crippen MR) is 63.6 cm³/mol. The first-order valence-corrected chi connectivity index (χ1v) is 6.54. The largest absolute Gasteiger partial charge is 0.313 e. The van der Waals surface area contributed by atoms with Crippen molar-refractivity contribution in [2.45, 2.75) is 31.1 Å².